The second-order valence-corrected chi connectivity index (χ2v) is 7.89. The first-order valence-electron chi connectivity index (χ1n) is 10.7. The fourth-order valence-electron chi connectivity index (χ4n) is 3.62. The molecule has 8 nitrogen and oxygen atoms in total. The minimum atomic E-state index is -0.634. The van der Waals surface area contributed by atoms with E-state index in [4.69, 9.17) is 23.7 Å². The molecule has 3 aromatic carbocycles. The van der Waals surface area contributed by atoms with Crippen LogP contribution in [-0.4, -0.2) is 47.2 Å². The van der Waals surface area contributed by atoms with Crippen LogP contribution in [0.15, 0.2) is 60.4 Å². The van der Waals surface area contributed by atoms with Crippen LogP contribution in [0.2, 0.25) is 0 Å². The summed E-state index contributed by atoms with van der Waals surface area (Å²) in [6.45, 7) is 0. The van der Waals surface area contributed by atoms with E-state index in [1.807, 2.05) is 43.3 Å². The van der Waals surface area contributed by atoms with Crippen molar-refractivity contribution in [1.29, 1.82) is 0 Å². The summed E-state index contributed by atoms with van der Waals surface area (Å²) in [5.41, 5.74) is 2.49. The maximum atomic E-state index is 12.8. The molecule has 0 saturated carbocycles. The van der Waals surface area contributed by atoms with Gasteiger partial charge in [0.05, 0.1) is 32.5 Å². The predicted molar refractivity (Wildman–Crippen MR) is 131 cm³/mol. The lowest BCUT2D eigenvalue weighted by Crippen LogP contribution is -2.09. The van der Waals surface area contributed by atoms with Gasteiger partial charge in [-0.15, -0.1) is 0 Å². The van der Waals surface area contributed by atoms with Crippen molar-refractivity contribution in [3.63, 3.8) is 0 Å². The Hall–Kier alpha value is -4.46. The Morgan fingerprint density at radius 3 is 2.11 bits per heavy atom. The third kappa shape index (κ3) is 4.77. The summed E-state index contributed by atoms with van der Waals surface area (Å²) in [4.78, 5) is 27.6. The van der Waals surface area contributed by atoms with E-state index < -0.39 is 5.97 Å². The summed E-state index contributed by atoms with van der Waals surface area (Å²) in [5, 5.41) is 0. The van der Waals surface area contributed by atoms with Gasteiger partial charge in [-0.1, -0.05) is 12.1 Å². The molecule has 0 aliphatic carbocycles. The van der Waals surface area contributed by atoms with Crippen LogP contribution in [0.4, 0.5) is 5.69 Å². The summed E-state index contributed by atoms with van der Waals surface area (Å²) < 4.78 is 27.2. The lowest BCUT2D eigenvalue weighted by atomic mass is 10.1. The van der Waals surface area contributed by atoms with Crippen LogP contribution in [-0.2, 0) is 0 Å². The van der Waals surface area contributed by atoms with E-state index in [0.29, 0.717) is 28.6 Å². The molecule has 0 bridgehead atoms. The van der Waals surface area contributed by atoms with Crippen molar-refractivity contribution >= 4 is 23.5 Å². The number of ether oxygens (including phenoxy) is 5. The van der Waals surface area contributed by atoms with Gasteiger partial charge in [0.2, 0.25) is 11.5 Å². The van der Waals surface area contributed by atoms with Crippen LogP contribution >= 0.6 is 0 Å². The van der Waals surface area contributed by atoms with Crippen molar-refractivity contribution in [1.82, 2.24) is 0 Å². The van der Waals surface area contributed by atoms with E-state index in [1.54, 1.807) is 18.2 Å². The van der Waals surface area contributed by atoms with E-state index >= 15 is 0 Å². The minimum absolute atomic E-state index is 0.200. The molecule has 0 fully saturated rings. The van der Waals surface area contributed by atoms with Gasteiger partial charge in [-0.05, 0) is 48.0 Å². The Bertz CT molecular complexity index is 1280. The maximum absolute atomic E-state index is 12.8. The molecule has 0 aromatic heterocycles. The Morgan fingerprint density at radius 1 is 0.886 bits per heavy atom. The lowest BCUT2D eigenvalue weighted by Gasteiger charge is -2.13. The second-order valence-electron chi connectivity index (χ2n) is 7.89. The predicted octanol–water partition coefficient (Wildman–Crippen LogP) is 4.61. The van der Waals surface area contributed by atoms with E-state index in [1.165, 1.54) is 39.5 Å². The van der Waals surface area contributed by atoms with Crippen LogP contribution in [0.5, 0.6) is 28.7 Å². The van der Waals surface area contributed by atoms with Crippen LogP contribution in [0.25, 0.3) is 6.08 Å². The number of nitrogens with zero attached hydrogens (tertiary/aromatic N) is 1. The number of anilines is 1. The molecule has 180 valence electrons. The average molecular weight is 475 g/mol. The summed E-state index contributed by atoms with van der Waals surface area (Å²) in [7, 11) is 8.32. The number of benzene rings is 3. The van der Waals surface area contributed by atoms with E-state index in [-0.39, 0.29) is 22.9 Å². The van der Waals surface area contributed by atoms with Crippen molar-refractivity contribution in [2.75, 3.05) is 40.3 Å². The number of carbonyl (C=O) groups excluding carboxylic acids is 2. The highest BCUT2D eigenvalue weighted by atomic mass is 16.5. The summed E-state index contributed by atoms with van der Waals surface area (Å²) >= 11 is 0. The maximum Gasteiger partial charge on any atom is 0.343 e. The van der Waals surface area contributed by atoms with E-state index in [0.717, 1.165) is 11.3 Å². The number of carbonyl (C=O) groups is 2. The monoisotopic (exact) mass is 475 g/mol. The highest BCUT2D eigenvalue weighted by Gasteiger charge is 2.28. The summed E-state index contributed by atoms with van der Waals surface area (Å²) in [6.07, 6.45) is 1.68. The number of hydrogen-bond acceptors (Lipinski definition) is 8. The zero-order valence-corrected chi connectivity index (χ0v) is 20.1. The van der Waals surface area contributed by atoms with Gasteiger partial charge in [-0.25, -0.2) is 4.79 Å². The van der Waals surface area contributed by atoms with Gasteiger partial charge in [0.15, 0.2) is 17.3 Å². The Labute approximate surface area is 203 Å². The molecule has 1 aliphatic rings. The van der Waals surface area contributed by atoms with Crippen LogP contribution in [0.1, 0.15) is 26.3 Å². The van der Waals surface area contributed by atoms with Gasteiger partial charge in [-0.3, -0.25) is 4.79 Å². The summed E-state index contributed by atoms with van der Waals surface area (Å²) in [5.74, 6) is 0.903. The number of Topliss-reactive ketones (excluding diaryl/α,β-unsaturated/α-hetero) is 1. The number of ketones is 1. The zero-order valence-electron chi connectivity index (χ0n) is 20.1. The molecular formula is C27H25NO7. The first-order chi connectivity index (χ1) is 16.8. The van der Waals surface area contributed by atoms with Gasteiger partial charge in [-0.2, -0.15) is 0 Å². The quantitative estimate of drug-likeness (QED) is 0.278. The number of esters is 1. The van der Waals surface area contributed by atoms with Crippen molar-refractivity contribution in [2.45, 2.75) is 0 Å². The van der Waals surface area contributed by atoms with Gasteiger partial charge in [0.25, 0.3) is 0 Å². The molecule has 4 rings (SSSR count). The number of hydrogen-bond donors (Lipinski definition) is 0. The number of allylic oxidation sites excluding steroid dienone is 1. The molecule has 0 saturated heterocycles. The van der Waals surface area contributed by atoms with E-state index in [2.05, 4.69) is 0 Å². The van der Waals surface area contributed by atoms with Crippen molar-refractivity contribution in [3.05, 3.63) is 77.0 Å². The molecular weight excluding hydrogens is 450 g/mol. The lowest BCUT2D eigenvalue weighted by molar-refractivity contribution is 0.0733. The normalized spacial score (nSPS) is 13.2. The molecule has 1 aliphatic heterocycles. The topological polar surface area (TPSA) is 83.5 Å². The largest absolute Gasteiger partial charge is 0.493 e. The molecule has 3 aromatic rings. The van der Waals surface area contributed by atoms with Crippen molar-refractivity contribution < 1.29 is 33.3 Å². The first-order valence-corrected chi connectivity index (χ1v) is 10.7. The zero-order chi connectivity index (χ0) is 25.1. The first kappa shape index (κ1) is 23.7. The molecule has 8 heteroatoms. The van der Waals surface area contributed by atoms with Crippen LogP contribution in [0.3, 0.4) is 0 Å². The molecule has 0 unspecified atom stereocenters. The number of methoxy groups -OCH3 is 3. The van der Waals surface area contributed by atoms with Gasteiger partial charge in [0, 0.05) is 25.8 Å². The Kier molecular flexibility index (Phi) is 6.64. The highest BCUT2D eigenvalue weighted by molar-refractivity contribution is 6.14. The fourth-order valence-corrected chi connectivity index (χ4v) is 3.62. The Balaban J connectivity index is 1.54. The van der Waals surface area contributed by atoms with Crippen molar-refractivity contribution in [3.8, 4) is 28.7 Å². The van der Waals surface area contributed by atoms with Gasteiger partial charge < -0.3 is 28.6 Å². The molecule has 1 heterocycles. The molecule has 0 atom stereocenters. The highest BCUT2D eigenvalue weighted by Crippen LogP contribution is 2.39. The average Bonchev–Trinajstić information content (AvgIpc) is 3.17. The summed E-state index contributed by atoms with van der Waals surface area (Å²) in [6, 6.07) is 15.4. The fraction of sp³-hybridized carbons (Fsp3) is 0.185. The standard InChI is InChI=1S/C27H25NO7/c1-28(2)18-8-6-16(7-9-18)12-22-25(29)20-11-10-19(15-21(20)35-22)34-27(30)17-13-23(31-3)26(33-5)24(14-17)32-4/h6-15H,1-5H3/b22-12-. The Morgan fingerprint density at radius 2 is 1.54 bits per heavy atom. The SMILES string of the molecule is COc1cc(C(=O)Oc2ccc3c(c2)O/C(=C\c2ccc(N(C)C)cc2)C3=O)cc(OC)c1OC. The molecule has 0 amide bonds. The third-order valence-corrected chi connectivity index (χ3v) is 5.46. The number of rotatable bonds is 7. The van der Waals surface area contributed by atoms with Crippen molar-refractivity contribution in [2.24, 2.45) is 0 Å². The molecule has 0 spiro atoms. The van der Waals surface area contributed by atoms with E-state index in [9.17, 15) is 9.59 Å². The third-order valence-electron chi connectivity index (χ3n) is 5.46. The smallest absolute Gasteiger partial charge is 0.343 e. The number of fused-ring (bicyclic) bond motifs is 1. The molecule has 0 radical (unpaired) electrons. The molecule has 0 N–H and O–H groups in total. The minimum Gasteiger partial charge on any atom is -0.493 e. The van der Waals surface area contributed by atoms with Gasteiger partial charge >= 0.3 is 5.97 Å². The van der Waals surface area contributed by atoms with Crippen LogP contribution in [0, 0.1) is 0 Å². The second kappa shape index (κ2) is 9.80. The van der Waals surface area contributed by atoms with Gasteiger partial charge in [0.1, 0.15) is 11.5 Å². The molecule has 35 heavy (non-hydrogen) atoms. The van der Waals surface area contributed by atoms with Crippen LogP contribution < -0.4 is 28.6 Å².